The lowest BCUT2D eigenvalue weighted by atomic mass is 9.77. The highest BCUT2D eigenvalue weighted by atomic mass is 16.2. The van der Waals surface area contributed by atoms with Gasteiger partial charge in [-0.05, 0) is 68.4 Å². The molecule has 2 unspecified atom stereocenters. The molecule has 0 radical (unpaired) electrons. The van der Waals surface area contributed by atoms with Crippen molar-refractivity contribution in [3.8, 4) is 0 Å². The van der Waals surface area contributed by atoms with E-state index in [0.717, 1.165) is 50.5 Å². The Bertz CT molecular complexity index is 1150. The molecule has 3 aliphatic rings. The predicted octanol–water partition coefficient (Wildman–Crippen LogP) is 2.23. The molecule has 5 N–H and O–H groups in total. The second-order valence-electron chi connectivity index (χ2n) is 12.8. The van der Waals surface area contributed by atoms with Crippen molar-refractivity contribution in [3.63, 3.8) is 0 Å². The average molecular weight is 583 g/mol. The van der Waals surface area contributed by atoms with Crippen molar-refractivity contribution in [1.29, 1.82) is 0 Å². The summed E-state index contributed by atoms with van der Waals surface area (Å²) in [6, 6.07) is 0.782. The molecular formula is C31H46N6O5. The Labute approximate surface area is 248 Å². The molecule has 3 fully saturated rings. The molecule has 2 heterocycles. The van der Waals surface area contributed by atoms with Crippen LogP contribution < -0.4 is 21.7 Å². The minimum Gasteiger partial charge on any atom is -0.363 e. The van der Waals surface area contributed by atoms with Gasteiger partial charge in [-0.1, -0.05) is 52.0 Å². The summed E-state index contributed by atoms with van der Waals surface area (Å²) in [5, 5.41) is 8.76. The third kappa shape index (κ3) is 7.86. The lowest BCUT2D eigenvalue weighted by Gasteiger charge is -2.39. The highest BCUT2D eigenvalue weighted by Gasteiger charge is 2.46. The standard InChI is InChI=1S/C31H46N6O5/c1-19(2)23-11-15-37(25(23)28(40)35-24(16-21-9-10-21)26(38)27(32)39)29(41)20(3)34-30(42)36-31(12-5-4-6-13-31)17-22-8-7-14-33-18-22/h7-8,14,18-21,23-25H,4-6,9-13,15-17H2,1-3H3,(H2,32,39)(H,35,40)(H2,34,36,42)/t20-,23?,24?,25-/m0/s1. The topological polar surface area (TPSA) is 164 Å². The average Bonchev–Trinajstić information content (AvgIpc) is 3.65. The third-order valence-corrected chi connectivity index (χ3v) is 9.17. The number of nitrogens with two attached hydrogens (primary N) is 1. The van der Waals surface area contributed by atoms with Crippen LogP contribution in [-0.4, -0.2) is 69.6 Å². The number of urea groups is 1. The molecule has 1 aliphatic heterocycles. The van der Waals surface area contributed by atoms with Crippen LogP contribution in [0.15, 0.2) is 24.5 Å². The number of aromatic nitrogens is 1. The fourth-order valence-corrected chi connectivity index (χ4v) is 6.70. The van der Waals surface area contributed by atoms with Crippen molar-refractivity contribution in [2.24, 2.45) is 23.5 Å². The van der Waals surface area contributed by atoms with Crippen LogP contribution in [0.5, 0.6) is 0 Å². The van der Waals surface area contributed by atoms with Crippen molar-refractivity contribution in [3.05, 3.63) is 30.1 Å². The van der Waals surface area contributed by atoms with Crippen LogP contribution in [0.2, 0.25) is 0 Å². The largest absolute Gasteiger partial charge is 0.363 e. The molecule has 5 amide bonds. The summed E-state index contributed by atoms with van der Waals surface area (Å²) < 4.78 is 0. The van der Waals surface area contributed by atoms with E-state index in [4.69, 9.17) is 5.73 Å². The Morgan fingerprint density at radius 3 is 2.36 bits per heavy atom. The Morgan fingerprint density at radius 1 is 1.05 bits per heavy atom. The van der Waals surface area contributed by atoms with Crippen molar-refractivity contribution in [2.45, 2.75) is 109 Å². The molecule has 2 saturated carbocycles. The summed E-state index contributed by atoms with van der Waals surface area (Å²) in [4.78, 5) is 70.5. The molecule has 0 spiro atoms. The smallest absolute Gasteiger partial charge is 0.315 e. The van der Waals surface area contributed by atoms with Gasteiger partial charge in [0.2, 0.25) is 17.6 Å². The number of nitrogens with zero attached hydrogens (tertiary/aromatic N) is 2. The lowest BCUT2D eigenvalue weighted by molar-refractivity contribution is -0.143. The van der Waals surface area contributed by atoms with Crippen molar-refractivity contribution in [2.75, 3.05) is 6.54 Å². The monoisotopic (exact) mass is 582 g/mol. The van der Waals surface area contributed by atoms with E-state index in [2.05, 4.69) is 20.9 Å². The van der Waals surface area contributed by atoms with Gasteiger partial charge in [-0.2, -0.15) is 0 Å². The SMILES string of the molecule is CC(C)C1CCN(C(=O)[C@H](C)NC(=O)NC2(Cc3cccnc3)CCCCC2)[C@@H]1C(=O)NC(CC1CC1)C(=O)C(N)=O. The van der Waals surface area contributed by atoms with Gasteiger partial charge in [0.15, 0.2) is 0 Å². The second kappa shape index (κ2) is 13.6. The van der Waals surface area contributed by atoms with Gasteiger partial charge in [0.05, 0.1) is 6.04 Å². The number of rotatable bonds is 12. The van der Waals surface area contributed by atoms with Crippen molar-refractivity contribution in [1.82, 2.24) is 25.8 Å². The number of ketones is 1. The van der Waals surface area contributed by atoms with Gasteiger partial charge < -0.3 is 26.6 Å². The molecule has 2 aliphatic carbocycles. The summed E-state index contributed by atoms with van der Waals surface area (Å²) in [5.41, 5.74) is 5.89. The van der Waals surface area contributed by atoms with Crippen molar-refractivity contribution < 1.29 is 24.0 Å². The fraction of sp³-hybridized carbons (Fsp3) is 0.677. The highest BCUT2D eigenvalue weighted by Crippen LogP contribution is 2.35. The minimum atomic E-state index is -1.08. The molecule has 11 heteroatoms. The van der Waals surface area contributed by atoms with Crippen LogP contribution in [0.25, 0.3) is 0 Å². The molecule has 1 aromatic rings. The van der Waals surface area contributed by atoms with Crippen LogP contribution in [0, 0.1) is 17.8 Å². The van der Waals surface area contributed by atoms with E-state index in [1.165, 1.54) is 4.90 Å². The van der Waals surface area contributed by atoms with Gasteiger partial charge in [0, 0.05) is 24.5 Å². The number of hydrogen-bond acceptors (Lipinski definition) is 6. The van der Waals surface area contributed by atoms with Crippen LogP contribution >= 0.6 is 0 Å². The third-order valence-electron chi connectivity index (χ3n) is 9.17. The minimum absolute atomic E-state index is 0.0949. The van der Waals surface area contributed by atoms with Gasteiger partial charge in [-0.25, -0.2) is 4.79 Å². The molecule has 4 rings (SSSR count). The normalized spacial score (nSPS) is 23.1. The molecule has 1 saturated heterocycles. The summed E-state index contributed by atoms with van der Waals surface area (Å²) in [6.45, 7) is 5.97. The van der Waals surface area contributed by atoms with Gasteiger partial charge in [-0.3, -0.25) is 24.2 Å². The van der Waals surface area contributed by atoms with Gasteiger partial charge >= 0.3 is 6.03 Å². The number of likely N-dealkylation sites (tertiary alicyclic amines) is 1. The summed E-state index contributed by atoms with van der Waals surface area (Å²) >= 11 is 0. The van der Waals surface area contributed by atoms with E-state index in [0.29, 0.717) is 25.8 Å². The number of nitrogens with one attached hydrogen (secondary N) is 3. The molecule has 1 aromatic heterocycles. The zero-order valence-electron chi connectivity index (χ0n) is 25.1. The van der Waals surface area contributed by atoms with Crippen LogP contribution in [0.3, 0.4) is 0 Å². The molecular weight excluding hydrogens is 536 g/mol. The maximum absolute atomic E-state index is 13.7. The maximum Gasteiger partial charge on any atom is 0.315 e. The highest BCUT2D eigenvalue weighted by molar-refractivity contribution is 6.37. The van der Waals surface area contributed by atoms with Crippen LogP contribution in [0.4, 0.5) is 4.79 Å². The molecule has 11 nitrogen and oxygen atoms in total. The number of carbonyl (C=O) groups is 5. The fourth-order valence-electron chi connectivity index (χ4n) is 6.70. The number of Topliss-reactive ketones (excluding diaryl/α,β-unsaturated/α-hetero) is 1. The summed E-state index contributed by atoms with van der Waals surface area (Å²) in [7, 11) is 0. The number of hydrogen-bond donors (Lipinski definition) is 4. The number of amides is 5. The van der Waals surface area contributed by atoms with Gasteiger partial charge in [0.25, 0.3) is 5.91 Å². The first-order chi connectivity index (χ1) is 20.0. The van der Waals surface area contributed by atoms with Gasteiger partial charge in [0.1, 0.15) is 12.1 Å². The Hall–Kier alpha value is -3.50. The number of pyridine rings is 1. The van der Waals surface area contributed by atoms with Crippen LogP contribution in [-0.2, 0) is 25.6 Å². The Balaban J connectivity index is 1.43. The first-order valence-electron chi connectivity index (χ1n) is 15.4. The van der Waals surface area contributed by atoms with Crippen LogP contribution in [0.1, 0.15) is 84.1 Å². The van der Waals surface area contributed by atoms with Crippen molar-refractivity contribution >= 4 is 29.5 Å². The molecule has 230 valence electrons. The summed E-state index contributed by atoms with van der Waals surface area (Å²) in [5.74, 6) is -2.49. The number of primary amides is 1. The second-order valence-corrected chi connectivity index (χ2v) is 12.8. The van der Waals surface area contributed by atoms with Gasteiger partial charge in [-0.15, -0.1) is 0 Å². The molecule has 42 heavy (non-hydrogen) atoms. The van der Waals surface area contributed by atoms with E-state index in [1.807, 2.05) is 32.2 Å². The molecule has 0 bridgehead atoms. The zero-order chi connectivity index (χ0) is 30.4. The van der Waals surface area contributed by atoms with E-state index >= 15 is 0 Å². The molecule has 4 atom stereocenters. The predicted molar refractivity (Wildman–Crippen MR) is 157 cm³/mol. The lowest BCUT2D eigenvalue weighted by Crippen LogP contribution is -2.60. The van der Waals surface area contributed by atoms with E-state index < -0.39 is 47.3 Å². The zero-order valence-corrected chi connectivity index (χ0v) is 25.1. The van der Waals surface area contributed by atoms with E-state index in [9.17, 15) is 24.0 Å². The summed E-state index contributed by atoms with van der Waals surface area (Å²) in [6.07, 6.45) is 11.9. The maximum atomic E-state index is 13.7. The molecule has 0 aromatic carbocycles. The number of carbonyl (C=O) groups excluding carboxylic acids is 5. The Kier molecular flexibility index (Phi) is 10.2. The van der Waals surface area contributed by atoms with E-state index in [-0.39, 0.29) is 23.7 Å². The first kappa shape index (κ1) is 31.4. The van der Waals surface area contributed by atoms with E-state index in [1.54, 1.807) is 13.1 Å². The first-order valence-corrected chi connectivity index (χ1v) is 15.4. The quantitative estimate of drug-likeness (QED) is 0.276. The Morgan fingerprint density at radius 2 is 1.76 bits per heavy atom.